The van der Waals surface area contributed by atoms with Crippen LogP contribution in [0.2, 0.25) is 0 Å². The maximum atomic E-state index is 5.49. The van der Waals surface area contributed by atoms with Crippen LogP contribution < -0.4 is 5.32 Å². The Bertz CT molecular complexity index is 252. The van der Waals surface area contributed by atoms with Gasteiger partial charge in [-0.2, -0.15) is 0 Å². The zero-order chi connectivity index (χ0) is 14.5. The third-order valence-electron chi connectivity index (χ3n) is 4.31. The molecule has 1 saturated heterocycles. The van der Waals surface area contributed by atoms with E-state index in [1.807, 2.05) is 0 Å². The molecular formula is C16H34N2O. The molecule has 1 rings (SSSR count). The van der Waals surface area contributed by atoms with Crippen LogP contribution in [0.5, 0.6) is 0 Å². The summed E-state index contributed by atoms with van der Waals surface area (Å²) in [6.45, 7) is 18.9. The summed E-state index contributed by atoms with van der Waals surface area (Å²) in [6.07, 6.45) is 2.50. The van der Waals surface area contributed by atoms with Crippen molar-refractivity contribution in [2.45, 2.75) is 66.0 Å². The molecule has 1 heterocycles. The quantitative estimate of drug-likeness (QED) is 0.803. The van der Waals surface area contributed by atoms with Gasteiger partial charge in [0.15, 0.2) is 0 Å². The highest BCUT2D eigenvalue weighted by molar-refractivity contribution is 4.94. The molecule has 0 radical (unpaired) electrons. The summed E-state index contributed by atoms with van der Waals surface area (Å²) in [6, 6.07) is 0.551. The first kappa shape index (κ1) is 16.9. The Morgan fingerprint density at radius 3 is 2.16 bits per heavy atom. The maximum absolute atomic E-state index is 5.49. The molecule has 3 nitrogen and oxygen atoms in total. The smallest absolute Gasteiger partial charge is 0.0594 e. The first-order chi connectivity index (χ1) is 8.77. The molecule has 0 amide bonds. The van der Waals surface area contributed by atoms with E-state index in [4.69, 9.17) is 4.74 Å². The number of hydrogen-bond acceptors (Lipinski definition) is 3. The summed E-state index contributed by atoms with van der Waals surface area (Å²) in [4.78, 5) is 2.59. The zero-order valence-electron chi connectivity index (χ0n) is 13.9. The Morgan fingerprint density at radius 2 is 1.68 bits per heavy atom. The minimum Gasteiger partial charge on any atom is -0.379 e. The molecule has 1 unspecified atom stereocenters. The van der Waals surface area contributed by atoms with Crippen LogP contribution in [0.1, 0.15) is 54.4 Å². The minimum atomic E-state index is 0.199. The normalized spacial score (nSPS) is 20.5. The molecule has 0 aromatic rings. The predicted octanol–water partition coefficient (Wildman–Crippen LogP) is 2.90. The van der Waals surface area contributed by atoms with E-state index < -0.39 is 0 Å². The molecule has 1 fully saturated rings. The van der Waals surface area contributed by atoms with Crippen molar-refractivity contribution in [3.05, 3.63) is 0 Å². The van der Waals surface area contributed by atoms with Gasteiger partial charge in [-0.25, -0.2) is 0 Å². The van der Waals surface area contributed by atoms with Crippen molar-refractivity contribution in [3.8, 4) is 0 Å². The monoisotopic (exact) mass is 270 g/mol. The molecule has 1 atom stereocenters. The van der Waals surface area contributed by atoms with Gasteiger partial charge >= 0.3 is 0 Å². The van der Waals surface area contributed by atoms with Crippen LogP contribution in [0.25, 0.3) is 0 Å². The largest absolute Gasteiger partial charge is 0.379 e. The number of nitrogens with zero attached hydrogens (tertiary/aromatic N) is 1. The Labute approximate surface area is 120 Å². The SMILES string of the molecule is CCNC(CCC(C)(C)C)C(C)(C)N1CCOCC1. The van der Waals surface area contributed by atoms with Crippen molar-refractivity contribution in [3.63, 3.8) is 0 Å². The molecule has 1 aliphatic rings. The van der Waals surface area contributed by atoms with Crippen molar-refractivity contribution in [2.75, 3.05) is 32.8 Å². The van der Waals surface area contributed by atoms with E-state index in [-0.39, 0.29) is 5.54 Å². The second kappa shape index (κ2) is 7.05. The maximum Gasteiger partial charge on any atom is 0.0594 e. The molecule has 3 heteroatoms. The zero-order valence-corrected chi connectivity index (χ0v) is 13.9. The number of ether oxygens (including phenoxy) is 1. The van der Waals surface area contributed by atoms with Gasteiger partial charge in [0.2, 0.25) is 0 Å². The van der Waals surface area contributed by atoms with Crippen molar-refractivity contribution in [2.24, 2.45) is 5.41 Å². The average Bonchev–Trinajstić information content (AvgIpc) is 2.34. The fourth-order valence-corrected chi connectivity index (χ4v) is 2.89. The van der Waals surface area contributed by atoms with Gasteiger partial charge in [-0.15, -0.1) is 0 Å². The van der Waals surface area contributed by atoms with Crippen molar-refractivity contribution >= 4 is 0 Å². The Hall–Kier alpha value is -0.120. The Kier molecular flexibility index (Phi) is 6.28. The molecule has 0 bridgehead atoms. The van der Waals surface area contributed by atoms with Gasteiger partial charge in [-0.3, -0.25) is 4.90 Å². The van der Waals surface area contributed by atoms with E-state index in [9.17, 15) is 0 Å². The van der Waals surface area contributed by atoms with Crippen molar-refractivity contribution < 1.29 is 4.74 Å². The third-order valence-corrected chi connectivity index (χ3v) is 4.31. The van der Waals surface area contributed by atoms with E-state index >= 15 is 0 Å². The van der Waals surface area contributed by atoms with E-state index in [0.29, 0.717) is 11.5 Å². The van der Waals surface area contributed by atoms with Gasteiger partial charge < -0.3 is 10.1 Å². The summed E-state index contributed by atoms with van der Waals surface area (Å²) in [5.74, 6) is 0. The summed E-state index contributed by atoms with van der Waals surface area (Å²) < 4.78 is 5.49. The minimum absolute atomic E-state index is 0.199. The summed E-state index contributed by atoms with van der Waals surface area (Å²) in [7, 11) is 0. The van der Waals surface area contributed by atoms with Gasteiger partial charge in [0.25, 0.3) is 0 Å². The van der Waals surface area contributed by atoms with Gasteiger partial charge in [-0.1, -0.05) is 27.7 Å². The molecule has 0 spiro atoms. The molecule has 0 aliphatic carbocycles. The van der Waals surface area contributed by atoms with E-state index in [1.165, 1.54) is 12.8 Å². The Balaban J connectivity index is 2.65. The lowest BCUT2D eigenvalue weighted by Gasteiger charge is -2.46. The third kappa shape index (κ3) is 5.41. The molecule has 1 N–H and O–H groups in total. The van der Waals surface area contributed by atoms with Gasteiger partial charge in [-0.05, 0) is 38.6 Å². The van der Waals surface area contributed by atoms with Crippen molar-refractivity contribution in [1.29, 1.82) is 0 Å². The average molecular weight is 270 g/mol. The molecule has 0 saturated carbocycles. The Morgan fingerprint density at radius 1 is 1.11 bits per heavy atom. The lowest BCUT2D eigenvalue weighted by molar-refractivity contribution is -0.0253. The summed E-state index contributed by atoms with van der Waals surface area (Å²) in [5, 5.41) is 3.71. The number of hydrogen-bond donors (Lipinski definition) is 1. The second-order valence-corrected chi connectivity index (χ2v) is 7.46. The highest BCUT2D eigenvalue weighted by Crippen LogP contribution is 2.28. The van der Waals surface area contributed by atoms with E-state index in [0.717, 1.165) is 32.8 Å². The fourth-order valence-electron chi connectivity index (χ4n) is 2.89. The highest BCUT2D eigenvalue weighted by atomic mass is 16.5. The van der Waals surface area contributed by atoms with E-state index in [2.05, 4.69) is 51.8 Å². The van der Waals surface area contributed by atoms with Crippen LogP contribution in [0.15, 0.2) is 0 Å². The molecule has 1 aliphatic heterocycles. The second-order valence-electron chi connectivity index (χ2n) is 7.46. The van der Waals surface area contributed by atoms with Crippen LogP contribution in [-0.4, -0.2) is 49.3 Å². The molecule has 19 heavy (non-hydrogen) atoms. The molecular weight excluding hydrogens is 236 g/mol. The first-order valence-corrected chi connectivity index (χ1v) is 7.83. The standard InChI is InChI=1S/C16H34N2O/c1-7-17-14(8-9-15(2,3)4)16(5,6)18-10-12-19-13-11-18/h14,17H,7-13H2,1-6H3. The number of nitrogens with one attached hydrogen (secondary N) is 1. The van der Waals surface area contributed by atoms with Crippen LogP contribution >= 0.6 is 0 Å². The van der Waals surface area contributed by atoms with Gasteiger partial charge in [0.1, 0.15) is 0 Å². The van der Waals surface area contributed by atoms with Crippen LogP contribution in [0.4, 0.5) is 0 Å². The molecule has 0 aromatic heterocycles. The summed E-state index contributed by atoms with van der Waals surface area (Å²) in [5.41, 5.74) is 0.611. The van der Waals surface area contributed by atoms with Crippen LogP contribution in [0.3, 0.4) is 0 Å². The van der Waals surface area contributed by atoms with Gasteiger partial charge in [0.05, 0.1) is 13.2 Å². The number of morpholine rings is 1. The lowest BCUT2D eigenvalue weighted by Crippen LogP contribution is -2.60. The van der Waals surface area contributed by atoms with Gasteiger partial charge in [0, 0.05) is 24.7 Å². The van der Waals surface area contributed by atoms with E-state index in [1.54, 1.807) is 0 Å². The lowest BCUT2D eigenvalue weighted by atomic mass is 9.82. The first-order valence-electron chi connectivity index (χ1n) is 7.83. The van der Waals surface area contributed by atoms with Crippen molar-refractivity contribution in [1.82, 2.24) is 10.2 Å². The molecule has 0 aromatic carbocycles. The highest BCUT2D eigenvalue weighted by Gasteiger charge is 2.36. The topological polar surface area (TPSA) is 24.5 Å². The summed E-state index contributed by atoms with van der Waals surface area (Å²) >= 11 is 0. The molecule has 114 valence electrons. The van der Waals surface area contributed by atoms with Crippen LogP contribution in [-0.2, 0) is 4.74 Å². The number of likely N-dealkylation sites (N-methyl/N-ethyl adjacent to an activating group) is 1. The predicted molar refractivity (Wildman–Crippen MR) is 82.6 cm³/mol. The fraction of sp³-hybridized carbons (Fsp3) is 1.00. The number of rotatable bonds is 6. The van der Waals surface area contributed by atoms with Crippen LogP contribution in [0, 0.1) is 5.41 Å².